The zero-order valence-electron chi connectivity index (χ0n) is 12.3. The zero-order valence-corrected chi connectivity index (χ0v) is 12.3. The molecule has 2 aromatic rings. The summed E-state index contributed by atoms with van der Waals surface area (Å²) in [6.45, 7) is 6.31. The summed E-state index contributed by atoms with van der Waals surface area (Å²) in [5, 5.41) is 0. The van der Waals surface area contributed by atoms with Gasteiger partial charge in [0.25, 0.3) is 0 Å². The van der Waals surface area contributed by atoms with Crippen molar-refractivity contribution in [1.82, 2.24) is 9.47 Å². The molecule has 3 rings (SSSR count). The van der Waals surface area contributed by atoms with E-state index in [4.69, 9.17) is 0 Å². The van der Waals surface area contributed by atoms with Gasteiger partial charge in [-0.15, -0.1) is 0 Å². The van der Waals surface area contributed by atoms with Gasteiger partial charge in [0.05, 0.1) is 6.54 Å². The minimum atomic E-state index is 0.221. The maximum Gasteiger partial charge on any atom is 0.178 e. The average molecular weight is 268 g/mol. The molecule has 0 fully saturated rings. The molecule has 1 aromatic carbocycles. The third kappa shape index (κ3) is 2.18. The fraction of sp³-hybridized carbons (Fsp3) is 0.353. The van der Waals surface area contributed by atoms with Crippen LogP contribution < -0.4 is 0 Å². The zero-order chi connectivity index (χ0) is 14.3. The van der Waals surface area contributed by atoms with Crippen LogP contribution in [0.3, 0.4) is 0 Å². The van der Waals surface area contributed by atoms with Crippen molar-refractivity contribution in [3.63, 3.8) is 0 Å². The maximum atomic E-state index is 12.5. The van der Waals surface area contributed by atoms with Gasteiger partial charge in [0.1, 0.15) is 0 Å². The standard InChI is InChI=1S/C17H20N2O/c1-12-8-16(13(2)18(12)3)17(20)11-19-9-14-6-4-5-7-15(14)10-19/h4-8H,9-11H2,1-3H3. The first-order valence-corrected chi connectivity index (χ1v) is 7.01. The molecule has 0 aliphatic carbocycles. The van der Waals surface area contributed by atoms with Gasteiger partial charge in [-0.3, -0.25) is 9.69 Å². The minimum absolute atomic E-state index is 0.221. The molecule has 1 aromatic heterocycles. The third-order valence-corrected chi connectivity index (χ3v) is 4.35. The van der Waals surface area contributed by atoms with Crippen molar-refractivity contribution < 1.29 is 4.79 Å². The van der Waals surface area contributed by atoms with Crippen LogP contribution in [0.5, 0.6) is 0 Å². The molecule has 0 saturated carbocycles. The summed E-state index contributed by atoms with van der Waals surface area (Å²) in [6, 6.07) is 10.4. The number of benzene rings is 1. The monoisotopic (exact) mass is 268 g/mol. The van der Waals surface area contributed by atoms with Crippen molar-refractivity contribution in [3.8, 4) is 0 Å². The van der Waals surface area contributed by atoms with Crippen molar-refractivity contribution >= 4 is 5.78 Å². The summed E-state index contributed by atoms with van der Waals surface area (Å²) < 4.78 is 2.08. The molecule has 0 amide bonds. The predicted octanol–water partition coefficient (Wildman–Crippen LogP) is 2.84. The van der Waals surface area contributed by atoms with E-state index in [1.165, 1.54) is 11.1 Å². The number of carbonyl (C=O) groups is 1. The molecular weight excluding hydrogens is 248 g/mol. The fourth-order valence-corrected chi connectivity index (χ4v) is 2.94. The van der Waals surface area contributed by atoms with Crippen LogP contribution >= 0.6 is 0 Å². The van der Waals surface area contributed by atoms with Gasteiger partial charge in [0, 0.05) is 37.1 Å². The molecule has 0 bridgehead atoms. The first kappa shape index (κ1) is 13.1. The van der Waals surface area contributed by atoms with Gasteiger partial charge in [-0.2, -0.15) is 0 Å². The normalized spacial score (nSPS) is 14.6. The fourth-order valence-electron chi connectivity index (χ4n) is 2.94. The Hall–Kier alpha value is -1.87. The number of aryl methyl sites for hydroxylation is 1. The predicted molar refractivity (Wildman–Crippen MR) is 79.8 cm³/mol. The molecule has 20 heavy (non-hydrogen) atoms. The summed E-state index contributed by atoms with van der Waals surface area (Å²) in [4.78, 5) is 14.7. The molecule has 2 heterocycles. The second kappa shape index (κ2) is 4.91. The number of hydrogen-bond donors (Lipinski definition) is 0. The van der Waals surface area contributed by atoms with Crippen LogP contribution in [-0.2, 0) is 20.1 Å². The Balaban J connectivity index is 1.74. The quantitative estimate of drug-likeness (QED) is 0.800. The highest BCUT2D eigenvalue weighted by Gasteiger charge is 2.22. The lowest BCUT2D eigenvalue weighted by molar-refractivity contribution is 0.0929. The molecule has 1 aliphatic heterocycles. The van der Waals surface area contributed by atoms with E-state index >= 15 is 0 Å². The number of aromatic nitrogens is 1. The van der Waals surface area contributed by atoms with E-state index in [1.54, 1.807) is 0 Å². The SMILES string of the molecule is Cc1cc(C(=O)CN2Cc3ccccc3C2)c(C)n1C. The highest BCUT2D eigenvalue weighted by Crippen LogP contribution is 2.23. The molecule has 0 N–H and O–H groups in total. The molecule has 0 atom stereocenters. The van der Waals surface area contributed by atoms with Gasteiger partial charge >= 0.3 is 0 Å². The van der Waals surface area contributed by atoms with E-state index in [2.05, 4.69) is 33.7 Å². The molecule has 0 unspecified atom stereocenters. The Kier molecular flexibility index (Phi) is 3.22. The van der Waals surface area contributed by atoms with Gasteiger partial charge in [-0.05, 0) is 31.0 Å². The summed E-state index contributed by atoms with van der Waals surface area (Å²) in [5.41, 5.74) is 5.75. The van der Waals surface area contributed by atoms with E-state index in [0.29, 0.717) is 6.54 Å². The Morgan fingerprint density at radius 2 is 1.75 bits per heavy atom. The Morgan fingerprint density at radius 3 is 2.25 bits per heavy atom. The first-order chi connectivity index (χ1) is 9.56. The van der Waals surface area contributed by atoms with Crippen LogP contribution in [0.15, 0.2) is 30.3 Å². The minimum Gasteiger partial charge on any atom is -0.351 e. The maximum absolute atomic E-state index is 12.5. The Morgan fingerprint density at radius 1 is 1.15 bits per heavy atom. The lowest BCUT2D eigenvalue weighted by Gasteiger charge is -2.13. The number of rotatable bonds is 3. The average Bonchev–Trinajstić information content (AvgIpc) is 2.94. The number of ketones is 1. The van der Waals surface area contributed by atoms with Gasteiger partial charge < -0.3 is 4.57 Å². The number of fused-ring (bicyclic) bond motifs is 1. The summed E-state index contributed by atoms with van der Waals surface area (Å²) in [5.74, 6) is 0.221. The molecule has 104 valence electrons. The van der Waals surface area contributed by atoms with Gasteiger partial charge in [-0.25, -0.2) is 0 Å². The van der Waals surface area contributed by atoms with Crippen LogP contribution in [0, 0.1) is 13.8 Å². The van der Waals surface area contributed by atoms with Gasteiger partial charge in [0.2, 0.25) is 0 Å². The van der Waals surface area contributed by atoms with Crippen LogP contribution in [0.25, 0.3) is 0 Å². The number of carbonyl (C=O) groups excluding carboxylic acids is 1. The topological polar surface area (TPSA) is 25.2 Å². The molecule has 0 radical (unpaired) electrons. The van der Waals surface area contributed by atoms with Crippen LogP contribution in [-0.4, -0.2) is 21.8 Å². The Bertz CT molecular complexity index is 645. The van der Waals surface area contributed by atoms with Gasteiger partial charge in [0.15, 0.2) is 5.78 Å². The molecule has 0 spiro atoms. The van der Waals surface area contributed by atoms with Crippen molar-refractivity contribution in [1.29, 1.82) is 0 Å². The van der Waals surface area contributed by atoms with Crippen molar-refractivity contribution in [2.24, 2.45) is 7.05 Å². The van der Waals surface area contributed by atoms with Crippen molar-refractivity contribution in [3.05, 3.63) is 58.4 Å². The Labute approximate surface area is 119 Å². The largest absolute Gasteiger partial charge is 0.351 e. The molecule has 3 heteroatoms. The number of nitrogens with zero attached hydrogens (tertiary/aromatic N) is 2. The summed E-state index contributed by atoms with van der Waals surface area (Å²) >= 11 is 0. The van der Waals surface area contributed by atoms with Crippen LogP contribution in [0.2, 0.25) is 0 Å². The summed E-state index contributed by atoms with van der Waals surface area (Å²) in [6.07, 6.45) is 0. The molecular formula is C17H20N2O. The number of Topliss-reactive ketones (excluding diaryl/α,β-unsaturated/α-hetero) is 1. The summed E-state index contributed by atoms with van der Waals surface area (Å²) in [7, 11) is 2.01. The van der Waals surface area contributed by atoms with Gasteiger partial charge in [-0.1, -0.05) is 24.3 Å². The van der Waals surface area contributed by atoms with E-state index in [1.807, 2.05) is 27.0 Å². The highest BCUT2D eigenvalue weighted by atomic mass is 16.1. The highest BCUT2D eigenvalue weighted by molar-refractivity contribution is 5.99. The molecule has 3 nitrogen and oxygen atoms in total. The van der Waals surface area contributed by atoms with E-state index in [0.717, 1.165) is 30.0 Å². The van der Waals surface area contributed by atoms with Crippen molar-refractivity contribution in [2.75, 3.05) is 6.54 Å². The van der Waals surface area contributed by atoms with Crippen LogP contribution in [0.4, 0.5) is 0 Å². The second-order valence-corrected chi connectivity index (χ2v) is 5.68. The van der Waals surface area contributed by atoms with Crippen LogP contribution in [0.1, 0.15) is 32.9 Å². The first-order valence-electron chi connectivity index (χ1n) is 7.01. The van der Waals surface area contributed by atoms with E-state index in [-0.39, 0.29) is 5.78 Å². The second-order valence-electron chi connectivity index (χ2n) is 5.68. The third-order valence-electron chi connectivity index (χ3n) is 4.35. The van der Waals surface area contributed by atoms with E-state index in [9.17, 15) is 4.79 Å². The number of hydrogen-bond acceptors (Lipinski definition) is 2. The van der Waals surface area contributed by atoms with E-state index < -0.39 is 0 Å². The lowest BCUT2D eigenvalue weighted by Crippen LogP contribution is -2.25. The molecule has 0 saturated heterocycles. The smallest absolute Gasteiger partial charge is 0.178 e. The molecule has 1 aliphatic rings. The lowest BCUT2D eigenvalue weighted by atomic mass is 10.1. The van der Waals surface area contributed by atoms with Crippen molar-refractivity contribution in [2.45, 2.75) is 26.9 Å².